The zero-order chi connectivity index (χ0) is 20.1. The Bertz CT molecular complexity index is 924. The van der Waals surface area contributed by atoms with Gasteiger partial charge in [0.2, 0.25) is 5.89 Å². The Hall–Kier alpha value is -2.36. The largest absolute Gasteiger partial charge is 0.439 e. The molecule has 160 valence electrons. The predicted octanol–water partition coefficient (Wildman–Crippen LogP) is 4.20. The van der Waals surface area contributed by atoms with Crippen LogP contribution in [0.15, 0.2) is 64.7 Å². The van der Waals surface area contributed by atoms with Gasteiger partial charge in [-0.25, -0.2) is 15.0 Å². The minimum Gasteiger partial charge on any atom is -0.439 e. The van der Waals surface area contributed by atoms with Crippen LogP contribution < -0.4 is 5.32 Å². The van der Waals surface area contributed by atoms with Crippen LogP contribution in [0, 0.1) is 5.92 Å². The van der Waals surface area contributed by atoms with E-state index < -0.39 is 0 Å². The van der Waals surface area contributed by atoms with E-state index in [0.717, 1.165) is 43.3 Å². The molecule has 30 heavy (non-hydrogen) atoms. The van der Waals surface area contributed by atoms with Gasteiger partial charge in [0.25, 0.3) is 0 Å². The maximum atomic E-state index is 5.91. The molecule has 2 aromatic heterocycles. The number of hydrogen-bond donors (Lipinski definition) is 1. The van der Waals surface area contributed by atoms with E-state index in [2.05, 4.69) is 38.6 Å². The van der Waals surface area contributed by atoms with Crippen LogP contribution in [0.25, 0.3) is 11.3 Å². The lowest BCUT2D eigenvalue weighted by Crippen LogP contribution is -2.49. The summed E-state index contributed by atoms with van der Waals surface area (Å²) in [7, 11) is 0. The number of imidazole rings is 1. The molecule has 0 saturated carbocycles. The van der Waals surface area contributed by atoms with Crippen molar-refractivity contribution in [1.29, 1.82) is 0 Å². The molecule has 0 bridgehead atoms. The molecule has 0 amide bonds. The molecule has 1 fully saturated rings. The van der Waals surface area contributed by atoms with Gasteiger partial charge >= 0.3 is 0 Å². The maximum absolute atomic E-state index is 5.91. The van der Waals surface area contributed by atoms with Crippen LogP contribution in [0.4, 0.5) is 0 Å². The Labute approximate surface area is 194 Å². The van der Waals surface area contributed by atoms with E-state index in [0.29, 0.717) is 24.4 Å². The molecule has 1 saturated heterocycles. The number of aromatic nitrogens is 3. The van der Waals surface area contributed by atoms with Crippen molar-refractivity contribution < 1.29 is 4.42 Å². The fourth-order valence-corrected chi connectivity index (χ4v) is 3.78. The fraction of sp³-hybridized carbons (Fsp3) is 0.409. The first-order valence-corrected chi connectivity index (χ1v) is 10.3. The average Bonchev–Trinajstić information content (AvgIpc) is 3.45. The van der Waals surface area contributed by atoms with E-state index in [1.165, 1.54) is 0 Å². The Kier molecular flexibility index (Phi) is 7.89. The van der Waals surface area contributed by atoms with Gasteiger partial charge in [0.05, 0.1) is 18.6 Å². The topological polar surface area (TPSA) is 71.5 Å². The first-order valence-electron chi connectivity index (χ1n) is 10.3. The van der Waals surface area contributed by atoms with Crippen molar-refractivity contribution in [3.05, 3.63) is 61.1 Å². The van der Waals surface area contributed by atoms with Crippen molar-refractivity contribution in [2.45, 2.75) is 32.9 Å². The molecular formula is C22H29IN6O. The highest BCUT2D eigenvalue weighted by atomic mass is 127. The number of guanidine groups is 1. The number of nitrogens with zero attached hydrogens (tertiary/aromatic N) is 5. The van der Waals surface area contributed by atoms with Crippen LogP contribution >= 0.6 is 24.0 Å². The van der Waals surface area contributed by atoms with Crippen molar-refractivity contribution >= 4 is 29.9 Å². The van der Waals surface area contributed by atoms with Gasteiger partial charge in [-0.15, -0.1) is 24.0 Å². The van der Waals surface area contributed by atoms with Gasteiger partial charge < -0.3 is 19.2 Å². The van der Waals surface area contributed by atoms with Gasteiger partial charge in [0.1, 0.15) is 6.54 Å². The summed E-state index contributed by atoms with van der Waals surface area (Å²) in [6.45, 7) is 7.53. The number of benzene rings is 1. The van der Waals surface area contributed by atoms with Crippen LogP contribution in [-0.4, -0.2) is 45.0 Å². The van der Waals surface area contributed by atoms with Crippen molar-refractivity contribution in [2.75, 3.05) is 19.6 Å². The molecule has 8 heteroatoms. The molecule has 3 aromatic rings. The number of aliphatic imine (C=N–C) groups is 1. The lowest BCUT2D eigenvalue weighted by atomic mass is 9.93. The van der Waals surface area contributed by atoms with E-state index in [1.807, 2.05) is 49.1 Å². The fourth-order valence-electron chi connectivity index (χ4n) is 3.78. The molecule has 1 aliphatic rings. The molecule has 1 aliphatic heterocycles. The lowest BCUT2D eigenvalue weighted by Gasteiger charge is -2.39. The summed E-state index contributed by atoms with van der Waals surface area (Å²) in [5.41, 5.74) is 1.02. The standard InChI is InChI=1S/C22H28N6O.HI/c1-3-24-22(27-11-9-17(2)19(15-27)28-12-10-23-16-28)26-14-21-25-13-20(29-21)18-7-5-4-6-8-18;/h4-8,10,12-13,16-17,19H,3,9,11,14-15H2,1-2H3,(H,24,26);1H. The molecule has 0 aliphatic carbocycles. The summed E-state index contributed by atoms with van der Waals surface area (Å²) in [5.74, 6) is 2.90. The molecule has 0 radical (unpaired) electrons. The third-order valence-electron chi connectivity index (χ3n) is 5.44. The highest BCUT2D eigenvalue weighted by molar-refractivity contribution is 14.0. The molecule has 2 unspecified atom stereocenters. The van der Waals surface area contributed by atoms with Crippen LogP contribution in [-0.2, 0) is 6.54 Å². The van der Waals surface area contributed by atoms with Gasteiger partial charge in [-0.3, -0.25) is 0 Å². The summed E-state index contributed by atoms with van der Waals surface area (Å²) >= 11 is 0. The summed E-state index contributed by atoms with van der Waals surface area (Å²) in [5, 5.41) is 3.42. The zero-order valence-corrected chi connectivity index (χ0v) is 19.8. The molecule has 0 spiro atoms. The van der Waals surface area contributed by atoms with E-state index in [-0.39, 0.29) is 24.0 Å². The minimum absolute atomic E-state index is 0. The number of hydrogen-bond acceptors (Lipinski definition) is 4. The molecular weight excluding hydrogens is 491 g/mol. The van der Waals surface area contributed by atoms with E-state index in [4.69, 9.17) is 9.41 Å². The summed E-state index contributed by atoms with van der Waals surface area (Å²) in [6, 6.07) is 10.4. The highest BCUT2D eigenvalue weighted by Crippen LogP contribution is 2.27. The first-order chi connectivity index (χ1) is 14.2. The zero-order valence-electron chi connectivity index (χ0n) is 17.4. The monoisotopic (exact) mass is 520 g/mol. The third-order valence-corrected chi connectivity index (χ3v) is 5.44. The number of likely N-dealkylation sites (tertiary alicyclic amines) is 1. The average molecular weight is 520 g/mol. The Balaban J connectivity index is 0.00000256. The number of rotatable bonds is 5. The number of nitrogens with one attached hydrogen (secondary N) is 1. The predicted molar refractivity (Wildman–Crippen MR) is 129 cm³/mol. The molecule has 4 rings (SSSR count). The first kappa shape index (κ1) is 22.3. The molecule has 2 atom stereocenters. The van der Waals surface area contributed by atoms with Gasteiger partial charge in [-0.1, -0.05) is 37.3 Å². The van der Waals surface area contributed by atoms with Crippen LogP contribution in [0.3, 0.4) is 0 Å². The third kappa shape index (κ3) is 5.21. The second-order valence-corrected chi connectivity index (χ2v) is 7.44. The van der Waals surface area contributed by atoms with Gasteiger partial charge in [-0.05, 0) is 19.3 Å². The highest BCUT2D eigenvalue weighted by Gasteiger charge is 2.28. The van der Waals surface area contributed by atoms with Crippen LogP contribution in [0.1, 0.15) is 32.2 Å². The Morgan fingerprint density at radius 1 is 1.30 bits per heavy atom. The quantitative estimate of drug-likeness (QED) is 0.310. The number of oxazole rings is 1. The minimum atomic E-state index is 0. The van der Waals surface area contributed by atoms with Crippen LogP contribution in [0.2, 0.25) is 0 Å². The second kappa shape index (κ2) is 10.6. The molecule has 7 nitrogen and oxygen atoms in total. The smallest absolute Gasteiger partial charge is 0.216 e. The number of halogens is 1. The maximum Gasteiger partial charge on any atom is 0.216 e. The molecule has 1 N–H and O–H groups in total. The van der Waals surface area contributed by atoms with E-state index in [9.17, 15) is 0 Å². The van der Waals surface area contributed by atoms with Crippen molar-refractivity contribution in [3.63, 3.8) is 0 Å². The van der Waals surface area contributed by atoms with Gasteiger partial charge in [-0.2, -0.15) is 0 Å². The second-order valence-electron chi connectivity index (χ2n) is 7.44. The summed E-state index contributed by atoms with van der Waals surface area (Å²) in [6.07, 6.45) is 8.69. The summed E-state index contributed by atoms with van der Waals surface area (Å²) in [4.78, 5) is 15.8. The van der Waals surface area contributed by atoms with Gasteiger partial charge in [0.15, 0.2) is 11.7 Å². The Morgan fingerprint density at radius 3 is 2.87 bits per heavy atom. The van der Waals surface area contributed by atoms with Crippen LogP contribution in [0.5, 0.6) is 0 Å². The molecule has 3 heterocycles. The van der Waals surface area contributed by atoms with Crippen molar-refractivity contribution in [3.8, 4) is 11.3 Å². The lowest BCUT2D eigenvalue weighted by molar-refractivity contribution is 0.189. The van der Waals surface area contributed by atoms with E-state index in [1.54, 1.807) is 6.20 Å². The van der Waals surface area contributed by atoms with Crippen molar-refractivity contribution in [2.24, 2.45) is 10.9 Å². The van der Waals surface area contributed by atoms with Gasteiger partial charge in [0, 0.05) is 37.6 Å². The summed E-state index contributed by atoms with van der Waals surface area (Å²) < 4.78 is 8.11. The normalized spacial score (nSPS) is 19.4. The molecule has 1 aromatic carbocycles. The number of piperidine rings is 1. The SMILES string of the molecule is CCNC(=NCc1ncc(-c2ccccc2)o1)N1CCC(C)C(n2ccnc2)C1.I. The Morgan fingerprint density at radius 2 is 2.13 bits per heavy atom. The van der Waals surface area contributed by atoms with Crippen molar-refractivity contribution in [1.82, 2.24) is 24.8 Å². The van der Waals surface area contributed by atoms with E-state index >= 15 is 0 Å².